The van der Waals surface area contributed by atoms with E-state index < -0.39 is 0 Å². The molecule has 1 N–H and O–H groups in total. The van der Waals surface area contributed by atoms with Crippen LogP contribution in [0, 0.1) is 13.8 Å². The van der Waals surface area contributed by atoms with E-state index in [1.165, 1.54) is 0 Å². The molecular formula is C22H22N4O. The highest BCUT2D eigenvalue weighted by molar-refractivity contribution is 6.19. The van der Waals surface area contributed by atoms with Crippen LogP contribution in [-0.4, -0.2) is 27.9 Å². The van der Waals surface area contributed by atoms with Crippen LogP contribution in [0.25, 0.3) is 11.1 Å². The van der Waals surface area contributed by atoms with Crippen LogP contribution in [0.4, 0.5) is 5.69 Å². The molecule has 3 aromatic rings. The number of amides is 1. The van der Waals surface area contributed by atoms with Crippen molar-refractivity contribution in [1.29, 1.82) is 0 Å². The van der Waals surface area contributed by atoms with E-state index in [9.17, 15) is 4.79 Å². The molecule has 1 amide bonds. The van der Waals surface area contributed by atoms with Crippen molar-refractivity contribution in [1.82, 2.24) is 9.78 Å². The molecule has 1 aromatic heterocycles. The van der Waals surface area contributed by atoms with Crippen LogP contribution >= 0.6 is 0 Å². The number of hydrogen-bond donors (Lipinski definition) is 1. The minimum absolute atomic E-state index is 0.0962. The van der Waals surface area contributed by atoms with Crippen molar-refractivity contribution in [3.63, 3.8) is 0 Å². The number of benzene rings is 2. The molecule has 2 aromatic carbocycles. The Bertz CT molecular complexity index is 1050. The monoisotopic (exact) mass is 358 g/mol. The zero-order chi connectivity index (χ0) is 19.0. The van der Waals surface area contributed by atoms with Gasteiger partial charge in [0.25, 0.3) is 0 Å². The molecule has 136 valence electrons. The highest BCUT2D eigenvalue weighted by Gasteiger charge is 2.20. The Morgan fingerprint density at radius 1 is 1.07 bits per heavy atom. The number of nitrogens with zero attached hydrogens (tertiary/aromatic N) is 3. The Morgan fingerprint density at radius 3 is 2.56 bits per heavy atom. The Labute approximate surface area is 158 Å². The van der Waals surface area contributed by atoms with E-state index in [0.29, 0.717) is 0 Å². The first-order valence-electron chi connectivity index (χ1n) is 9.17. The third-order valence-corrected chi connectivity index (χ3v) is 4.95. The van der Waals surface area contributed by atoms with Gasteiger partial charge in [-0.05, 0) is 38.5 Å². The van der Waals surface area contributed by atoms with Gasteiger partial charge in [-0.2, -0.15) is 5.10 Å². The summed E-state index contributed by atoms with van der Waals surface area (Å²) in [6.07, 6.45) is 0. The molecule has 0 fully saturated rings. The van der Waals surface area contributed by atoms with E-state index >= 15 is 0 Å². The molecule has 0 atom stereocenters. The predicted molar refractivity (Wildman–Crippen MR) is 108 cm³/mol. The fourth-order valence-electron chi connectivity index (χ4n) is 3.70. The van der Waals surface area contributed by atoms with Crippen molar-refractivity contribution in [2.45, 2.75) is 27.3 Å². The number of aryl methyl sites for hydroxylation is 2. The standard InChI is InChI=1S/C22H22N4O/c1-4-26-15(3)21(14(2)25-26)17-10-11-19-18(12-17)22(23-13-20(27)24-19)16-8-6-5-7-9-16/h5-12H,4,13H2,1-3H3,(H,24,27). The lowest BCUT2D eigenvalue weighted by Gasteiger charge is -2.13. The minimum Gasteiger partial charge on any atom is -0.324 e. The number of benzodiazepines with no additional fused rings is 1. The number of hydrogen-bond acceptors (Lipinski definition) is 3. The van der Waals surface area contributed by atoms with Crippen molar-refractivity contribution < 1.29 is 4.79 Å². The van der Waals surface area contributed by atoms with Gasteiger partial charge in [0.2, 0.25) is 5.91 Å². The van der Waals surface area contributed by atoms with Gasteiger partial charge in [0.15, 0.2) is 0 Å². The van der Waals surface area contributed by atoms with Gasteiger partial charge < -0.3 is 5.32 Å². The molecule has 5 heteroatoms. The van der Waals surface area contributed by atoms with Gasteiger partial charge in [-0.15, -0.1) is 0 Å². The Kier molecular flexibility index (Phi) is 4.36. The summed E-state index contributed by atoms with van der Waals surface area (Å²) >= 11 is 0. The molecule has 0 unspecified atom stereocenters. The fraction of sp³-hybridized carbons (Fsp3) is 0.227. The lowest BCUT2D eigenvalue weighted by Crippen LogP contribution is -2.13. The van der Waals surface area contributed by atoms with Gasteiger partial charge in [0.05, 0.1) is 17.1 Å². The lowest BCUT2D eigenvalue weighted by atomic mass is 9.95. The van der Waals surface area contributed by atoms with Crippen LogP contribution < -0.4 is 5.32 Å². The van der Waals surface area contributed by atoms with Gasteiger partial charge in [-0.1, -0.05) is 36.4 Å². The second kappa shape index (κ2) is 6.83. The van der Waals surface area contributed by atoms with E-state index in [2.05, 4.69) is 35.3 Å². The van der Waals surface area contributed by atoms with Crippen LogP contribution in [0.15, 0.2) is 53.5 Å². The average molecular weight is 358 g/mol. The summed E-state index contributed by atoms with van der Waals surface area (Å²) in [5.41, 5.74) is 7.95. The molecule has 4 rings (SSSR count). The fourth-order valence-corrected chi connectivity index (χ4v) is 3.70. The number of rotatable bonds is 3. The molecule has 0 spiro atoms. The lowest BCUT2D eigenvalue weighted by molar-refractivity contribution is -0.114. The van der Waals surface area contributed by atoms with Crippen LogP contribution in [0.1, 0.15) is 29.4 Å². The SMILES string of the molecule is CCn1nc(C)c(-c2ccc3c(c2)C(c2ccccc2)=NCC(=O)N3)c1C. The normalized spacial score (nSPS) is 13.6. The van der Waals surface area contributed by atoms with Crippen molar-refractivity contribution in [3.05, 3.63) is 71.0 Å². The van der Waals surface area contributed by atoms with E-state index in [-0.39, 0.29) is 12.5 Å². The largest absolute Gasteiger partial charge is 0.324 e. The van der Waals surface area contributed by atoms with Crippen LogP contribution in [-0.2, 0) is 11.3 Å². The Morgan fingerprint density at radius 2 is 1.85 bits per heavy atom. The molecule has 0 radical (unpaired) electrons. The Balaban J connectivity index is 1.90. The molecular weight excluding hydrogens is 336 g/mol. The first-order valence-corrected chi connectivity index (χ1v) is 9.17. The summed E-state index contributed by atoms with van der Waals surface area (Å²) in [6.45, 7) is 7.19. The van der Waals surface area contributed by atoms with E-state index in [1.54, 1.807) is 0 Å². The van der Waals surface area contributed by atoms with Crippen molar-refractivity contribution >= 4 is 17.3 Å². The predicted octanol–water partition coefficient (Wildman–Crippen LogP) is 3.98. The maximum atomic E-state index is 12.1. The van der Waals surface area contributed by atoms with Gasteiger partial charge in [-0.3, -0.25) is 14.5 Å². The first kappa shape index (κ1) is 17.2. The molecule has 0 aliphatic carbocycles. The van der Waals surface area contributed by atoms with Gasteiger partial charge in [-0.25, -0.2) is 0 Å². The molecule has 0 bridgehead atoms. The number of aliphatic imine (C=N–C) groups is 1. The summed E-state index contributed by atoms with van der Waals surface area (Å²) in [5.74, 6) is -0.0962. The van der Waals surface area contributed by atoms with Crippen molar-refractivity contribution in [2.24, 2.45) is 4.99 Å². The molecule has 1 aliphatic heterocycles. The number of carbonyl (C=O) groups is 1. The van der Waals surface area contributed by atoms with Crippen LogP contribution in [0.5, 0.6) is 0 Å². The average Bonchev–Trinajstić information content (AvgIpc) is 2.86. The Hall–Kier alpha value is -3.21. The zero-order valence-electron chi connectivity index (χ0n) is 15.8. The number of aromatic nitrogens is 2. The molecule has 5 nitrogen and oxygen atoms in total. The maximum absolute atomic E-state index is 12.1. The summed E-state index contributed by atoms with van der Waals surface area (Å²) in [6, 6.07) is 16.1. The molecule has 0 saturated carbocycles. The summed E-state index contributed by atoms with van der Waals surface area (Å²) < 4.78 is 2.02. The summed E-state index contributed by atoms with van der Waals surface area (Å²) in [4.78, 5) is 16.7. The van der Waals surface area contributed by atoms with Gasteiger partial charge in [0, 0.05) is 28.9 Å². The third-order valence-electron chi connectivity index (χ3n) is 4.95. The zero-order valence-corrected chi connectivity index (χ0v) is 15.8. The maximum Gasteiger partial charge on any atom is 0.246 e. The molecule has 27 heavy (non-hydrogen) atoms. The molecule has 0 saturated heterocycles. The van der Waals surface area contributed by atoms with E-state index in [1.807, 2.05) is 54.1 Å². The second-order valence-corrected chi connectivity index (χ2v) is 6.70. The number of fused-ring (bicyclic) bond motifs is 1. The first-order chi connectivity index (χ1) is 13.1. The van der Waals surface area contributed by atoms with Gasteiger partial charge >= 0.3 is 0 Å². The number of carbonyl (C=O) groups excluding carboxylic acids is 1. The van der Waals surface area contributed by atoms with Crippen molar-refractivity contribution in [3.8, 4) is 11.1 Å². The number of nitrogens with one attached hydrogen (secondary N) is 1. The molecule has 1 aliphatic rings. The second-order valence-electron chi connectivity index (χ2n) is 6.70. The van der Waals surface area contributed by atoms with Crippen LogP contribution in [0.3, 0.4) is 0 Å². The quantitative estimate of drug-likeness (QED) is 0.770. The number of anilines is 1. The van der Waals surface area contributed by atoms with E-state index in [0.717, 1.165) is 51.6 Å². The minimum atomic E-state index is -0.0962. The third kappa shape index (κ3) is 3.05. The highest BCUT2D eigenvalue weighted by Crippen LogP contribution is 2.32. The van der Waals surface area contributed by atoms with Crippen LogP contribution in [0.2, 0.25) is 0 Å². The summed E-state index contributed by atoms with van der Waals surface area (Å²) in [5, 5.41) is 7.61. The summed E-state index contributed by atoms with van der Waals surface area (Å²) in [7, 11) is 0. The molecule has 2 heterocycles. The highest BCUT2D eigenvalue weighted by atomic mass is 16.1. The van der Waals surface area contributed by atoms with Crippen molar-refractivity contribution in [2.75, 3.05) is 11.9 Å². The van der Waals surface area contributed by atoms with E-state index in [4.69, 9.17) is 0 Å². The van der Waals surface area contributed by atoms with Gasteiger partial charge in [0.1, 0.15) is 6.54 Å². The topological polar surface area (TPSA) is 59.3 Å². The smallest absolute Gasteiger partial charge is 0.246 e.